The number of aliphatic carboxylic acids is 1. The minimum Gasteiger partial charge on any atom is -0.481 e. The minimum absolute atomic E-state index is 0.0609. The van der Waals surface area contributed by atoms with Gasteiger partial charge >= 0.3 is 5.97 Å². The fraction of sp³-hybridized carbons (Fsp3) is 0.833. The van der Waals surface area contributed by atoms with Crippen LogP contribution in [0.2, 0.25) is 0 Å². The summed E-state index contributed by atoms with van der Waals surface area (Å²) in [5.74, 6) is 0.227. The Morgan fingerprint density at radius 3 is 2.71 bits per heavy atom. The van der Waals surface area contributed by atoms with Crippen LogP contribution in [-0.2, 0) is 9.59 Å². The molecule has 1 saturated heterocycles. The first kappa shape index (κ1) is 14.4. The van der Waals surface area contributed by atoms with E-state index in [4.69, 9.17) is 5.11 Å². The Balaban J connectivity index is 2.38. The molecule has 0 aliphatic carbocycles. The van der Waals surface area contributed by atoms with Gasteiger partial charge in [-0.25, -0.2) is 0 Å². The van der Waals surface area contributed by atoms with E-state index >= 15 is 0 Å². The number of amides is 1. The number of thioether (sulfide) groups is 1. The van der Waals surface area contributed by atoms with Crippen molar-refractivity contribution < 1.29 is 14.7 Å². The highest BCUT2D eigenvalue weighted by Gasteiger charge is 2.32. The number of carbonyl (C=O) groups is 2. The summed E-state index contributed by atoms with van der Waals surface area (Å²) < 4.78 is 0. The summed E-state index contributed by atoms with van der Waals surface area (Å²) in [5.41, 5.74) is 0. The molecular formula is C12H21NO3S. The van der Waals surface area contributed by atoms with E-state index in [1.807, 2.05) is 18.1 Å². The molecular weight excluding hydrogens is 238 g/mol. The summed E-state index contributed by atoms with van der Waals surface area (Å²) >= 11 is 1.75. The number of rotatable bonds is 5. The van der Waals surface area contributed by atoms with E-state index in [1.165, 1.54) is 0 Å². The second kappa shape index (κ2) is 6.89. The van der Waals surface area contributed by atoms with E-state index in [0.29, 0.717) is 25.9 Å². The molecule has 4 nitrogen and oxygen atoms in total. The van der Waals surface area contributed by atoms with Crippen LogP contribution in [0.15, 0.2) is 0 Å². The van der Waals surface area contributed by atoms with Crippen molar-refractivity contribution in [3.8, 4) is 0 Å². The topological polar surface area (TPSA) is 57.6 Å². The van der Waals surface area contributed by atoms with Gasteiger partial charge in [0.2, 0.25) is 5.91 Å². The third-order valence-electron chi connectivity index (χ3n) is 3.31. The van der Waals surface area contributed by atoms with Gasteiger partial charge in [-0.2, -0.15) is 11.8 Å². The number of hydrogen-bond acceptors (Lipinski definition) is 3. The van der Waals surface area contributed by atoms with Gasteiger partial charge < -0.3 is 10.0 Å². The van der Waals surface area contributed by atoms with E-state index in [2.05, 4.69) is 0 Å². The smallest absolute Gasteiger partial charge is 0.306 e. The van der Waals surface area contributed by atoms with Crippen molar-refractivity contribution in [3.63, 3.8) is 0 Å². The predicted molar refractivity (Wildman–Crippen MR) is 69.1 cm³/mol. The zero-order valence-corrected chi connectivity index (χ0v) is 11.3. The second-order valence-electron chi connectivity index (χ2n) is 4.65. The summed E-state index contributed by atoms with van der Waals surface area (Å²) in [6.45, 7) is 3.11. The number of carbonyl (C=O) groups excluding carboxylic acids is 1. The van der Waals surface area contributed by atoms with Gasteiger partial charge in [0, 0.05) is 19.5 Å². The van der Waals surface area contributed by atoms with Crippen LogP contribution >= 0.6 is 11.8 Å². The normalized spacial score (nSPS) is 24.7. The fourth-order valence-electron chi connectivity index (χ4n) is 2.26. The van der Waals surface area contributed by atoms with Crippen LogP contribution in [0.25, 0.3) is 0 Å². The maximum atomic E-state index is 11.9. The highest BCUT2D eigenvalue weighted by Crippen LogP contribution is 2.24. The zero-order valence-electron chi connectivity index (χ0n) is 10.5. The lowest BCUT2D eigenvalue weighted by Gasteiger charge is -2.35. The minimum atomic E-state index is -0.730. The summed E-state index contributed by atoms with van der Waals surface area (Å²) in [6.07, 6.45) is 4.12. The van der Waals surface area contributed by atoms with Crippen molar-refractivity contribution >= 4 is 23.6 Å². The van der Waals surface area contributed by atoms with E-state index in [0.717, 1.165) is 12.2 Å². The molecule has 0 aromatic rings. The summed E-state index contributed by atoms with van der Waals surface area (Å²) in [5, 5.41) is 9.00. The van der Waals surface area contributed by atoms with Gasteiger partial charge in [-0.15, -0.1) is 0 Å². The molecule has 1 rings (SSSR count). The molecule has 17 heavy (non-hydrogen) atoms. The van der Waals surface area contributed by atoms with Crippen molar-refractivity contribution in [3.05, 3.63) is 0 Å². The van der Waals surface area contributed by atoms with E-state index in [9.17, 15) is 9.59 Å². The summed E-state index contributed by atoms with van der Waals surface area (Å²) in [6, 6.07) is 0. The zero-order chi connectivity index (χ0) is 12.8. The molecule has 98 valence electrons. The molecule has 1 heterocycles. The Morgan fingerprint density at radius 2 is 2.18 bits per heavy atom. The van der Waals surface area contributed by atoms with Crippen molar-refractivity contribution in [2.24, 2.45) is 11.8 Å². The molecule has 0 aromatic heterocycles. The van der Waals surface area contributed by atoms with Crippen molar-refractivity contribution in [2.45, 2.75) is 26.2 Å². The predicted octanol–water partition coefficient (Wildman–Crippen LogP) is 1.70. The van der Waals surface area contributed by atoms with Gasteiger partial charge in [-0.3, -0.25) is 9.59 Å². The molecule has 2 unspecified atom stereocenters. The van der Waals surface area contributed by atoms with Gasteiger partial charge in [0.25, 0.3) is 0 Å². The number of nitrogens with zero attached hydrogens (tertiary/aromatic N) is 1. The maximum Gasteiger partial charge on any atom is 0.306 e. The molecule has 0 aromatic carbocycles. The molecule has 1 aliphatic rings. The van der Waals surface area contributed by atoms with Crippen LogP contribution in [0.3, 0.4) is 0 Å². The van der Waals surface area contributed by atoms with Gasteiger partial charge in [0.05, 0.1) is 5.92 Å². The highest BCUT2D eigenvalue weighted by atomic mass is 32.2. The molecule has 2 atom stereocenters. The molecule has 5 heteroatoms. The van der Waals surface area contributed by atoms with E-state index in [-0.39, 0.29) is 17.7 Å². The van der Waals surface area contributed by atoms with E-state index in [1.54, 1.807) is 11.8 Å². The van der Waals surface area contributed by atoms with Crippen molar-refractivity contribution in [1.82, 2.24) is 4.90 Å². The number of piperidine rings is 1. The standard InChI is InChI=1S/C12H21NO3S/c1-9-8-13(6-5-10(9)12(15)16)11(14)4-3-7-17-2/h9-10H,3-8H2,1-2H3,(H,15,16). The Morgan fingerprint density at radius 1 is 1.47 bits per heavy atom. The monoisotopic (exact) mass is 259 g/mol. The van der Waals surface area contributed by atoms with Crippen LogP contribution in [0, 0.1) is 11.8 Å². The lowest BCUT2D eigenvalue weighted by molar-refractivity contribution is -0.148. The first-order valence-electron chi connectivity index (χ1n) is 6.05. The largest absolute Gasteiger partial charge is 0.481 e. The Kier molecular flexibility index (Phi) is 5.82. The van der Waals surface area contributed by atoms with E-state index < -0.39 is 5.97 Å². The third-order valence-corrected chi connectivity index (χ3v) is 4.01. The Hall–Kier alpha value is -0.710. The summed E-state index contributed by atoms with van der Waals surface area (Å²) in [7, 11) is 0. The van der Waals surface area contributed by atoms with Crippen LogP contribution in [-0.4, -0.2) is 47.0 Å². The molecule has 0 saturated carbocycles. The maximum absolute atomic E-state index is 11.9. The number of likely N-dealkylation sites (tertiary alicyclic amines) is 1. The van der Waals surface area contributed by atoms with Crippen LogP contribution in [0.4, 0.5) is 0 Å². The molecule has 0 bridgehead atoms. The molecule has 0 radical (unpaired) electrons. The number of carboxylic acid groups (broad SMARTS) is 1. The van der Waals surface area contributed by atoms with Gasteiger partial charge in [-0.05, 0) is 30.8 Å². The lowest BCUT2D eigenvalue weighted by Crippen LogP contribution is -2.44. The highest BCUT2D eigenvalue weighted by molar-refractivity contribution is 7.98. The average Bonchev–Trinajstić information content (AvgIpc) is 2.28. The van der Waals surface area contributed by atoms with Crippen molar-refractivity contribution in [2.75, 3.05) is 25.1 Å². The summed E-state index contributed by atoms with van der Waals surface area (Å²) in [4.78, 5) is 24.6. The van der Waals surface area contributed by atoms with Crippen LogP contribution < -0.4 is 0 Å². The SMILES string of the molecule is CSCCCC(=O)N1CCC(C(=O)O)C(C)C1. The van der Waals surface area contributed by atoms with Crippen LogP contribution in [0.5, 0.6) is 0 Å². The Bertz CT molecular complexity index is 283. The van der Waals surface area contributed by atoms with Gasteiger partial charge in [0.15, 0.2) is 0 Å². The quantitative estimate of drug-likeness (QED) is 0.763. The Labute approximate surface area is 107 Å². The lowest BCUT2D eigenvalue weighted by atomic mass is 9.87. The molecule has 1 fully saturated rings. The molecule has 1 amide bonds. The first-order valence-corrected chi connectivity index (χ1v) is 7.45. The van der Waals surface area contributed by atoms with Gasteiger partial charge in [0.1, 0.15) is 0 Å². The molecule has 1 N–H and O–H groups in total. The first-order chi connectivity index (χ1) is 8.06. The molecule has 1 aliphatic heterocycles. The second-order valence-corrected chi connectivity index (χ2v) is 5.63. The average molecular weight is 259 g/mol. The van der Waals surface area contributed by atoms with Crippen molar-refractivity contribution in [1.29, 1.82) is 0 Å². The number of carboxylic acids is 1. The fourth-order valence-corrected chi connectivity index (χ4v) is 2.70. The number of hydrogen-bond donors (Lipinski definition) is 1. The van der Waals surface area contributed by atoms with Crippen LogP contribution in [0.1, 0.15) is 26.2 Å². The molecule has 0 spiro atoms. The third kappa shape index (κ3) is 4.22. The van der Waals surface area contributed by atoms with Gasteiger partial charge in [-0.1, -0.05) is 6.92 Å².